The maximum absolute atomic E-state index is 5.44. The second kappa shape index (κ2) is 9.06. The van der Waals surface area contributed by atoms with Crippen molar-refractivity contribution in [3.63, 3.8) is 0 Å². The number of hydrogen-bond donors (Lipinski definition) is 1. The summed E-state index contributed by atoms with van der Waals surface area (Å²) in [6.45, 7) is 8.88. The number of nitrogens with one attached hydrogen (secondary N) is 1. The average Bonchev–Trinajstić information content (AvgIpc) is 3.17. The lowest BCUT2D eigenvalue weighted by Gasteiger charge is -2.55. The van der Waals surface area contributed by atoms with Crippen molar-refractivity contribution < 1.29 is 9.47 Å². The Kier molecular flexibility index (Phi) is 5.89. The van der Waals surface area contributed by atoms with Crippen LogP contribution in [0.4, 0.5) is 11.8 Å². The van der Waals surface area contributed by atoms with Gasteiger partial charge in [0.25, 0.3) is 0 Å². The molecule has 186 valence electrons. The van der Waals surface area contributed by atoms with E-state index in [0.717, 1.165) is 43.6 Å². The van der Waals surface area contributed by atoms with Gasteiger partial charge < -0.3 is 19.7 Å². The molecule has 0 aromatic carbocycles. The predicted octanol–water partition coefficient (Wildman–Crippen LogP) is 4.37. The Morgan fingerprint density at radius 1 is 1.17 bits per heavy atom. The normalized spacial score (nSPS) is 24.3. The van der Waals surface area contributed by atoms with Crippen molar-refractivity contribution in [2.75, 3.05) is 50.2 Å². The van der Waals surface area contributed by atoms with Gasteiger partial charge in [0.05, 0.1) is 36.9 Å². The molecule has 3 aromatic heterocycles. The molecule has 0 unspecified atom stereocenters. The summed E-state index contributed by atoms with van der Waals surface area (Å²) in [5, 5.41) is 8.34. The fraction of sp³-hybridized carbons (Fsp3) is 0.593. The fourth-order valence-corrected chi connectivity index (χ4v) is 5.93. The molecule has 0 radical (unpaired) electrons. The molecule has 35 heavy (non-hydrogen) atoms. The molecule has 3 aromatic rings. The predicted molar refractivity (Wildman–Crippen MR) is 137 cm³/mol. The van der Waals surface area contributed by atoms with E-state index in [-0.39, 0.29) is 6.04 Å². The van der Waals surface area contributed by atoms with Gasteiger partial charge in [-0.2, -0.15) is 0 Å². The van der Waals surface area contributed by atoms with E-state index in [1.54, 1.807) is 7.11 Å². The van der Waals surface area contributed by atoms with Crippen molar-refractivity contribution in [3.8, 4) is 11.1 Å². The summed E-state index contributed by atoms with van der Waals surface area (Å²) < 4.78 is 12.9. The summed E-state index contributed by atoms with van der Waals surface area (Å²) in [5.41, 5.74) is 5.06. The Labute approximate surface area is 207 Å². The van der Waals surface area contributed by atoms with Crippen LogP contribution in [0.25, 0.3) is 16.6 Å². The van der Waals surface area contributed by atoms with E-state index >= 15 is 0 Å². The fourth-order valence-electron chi connectivity index (χ4n) is 5.93. The van der Waals surface area contributed by atoms with E-state index in [1.807, 2.05) is 12.4 Å². The van der Waals surface area contributed by atoms with E-state index in [4.69, 9.17) is 14.6 Å². The van der Waals surface area contributed by atoms with Crippen molar-refractivity contribution in [2.24, 2.45) is 11.3 Å². The molecule has 0 amide bonds. The summed E-state index contributed by atoms with van der Waals surface area (Å²) in [6, 6.07) is 6.82. The molecule has 1 saturated carbocycles. The maximum Gasteiger partial charge on any atom is 0.241 e. The summed E-state index contributed by atoms with van der Waals surface area (Å²) in [4.78, 5) is 11.7. The summed E-state index contributed by atoms with van der Waals surface area (Å²) in [6.07, 6.45) is 8.85. The minimum Gasteiger partial charge on any atom is -0.383 e. The van der Waals surface area contributed by atoms with Gasteiger partial charge in [-0.05, 0) is 49.4 Å². The van der Waals surface area contributed by atoms with Gasteiger partial charge in [-0.1, -0.05) is 19.8 Å². The first kappa shape index (κ1) is 22.7. The van der Waals surface area contributed by atoms with E-state index in [1.165, 1.54) is 42.5 Å². The quantitative estimate of drug-likeness (QED) is 0.543. The number of hydrogen-bond acceptors (Lipinski definition) is 7. The van der Waals surface area contributed by atoms with E-state index in [0.29, 0.717) is 23.9 Å². The summed E-state index contributed by atoms with van der Waals surface area (Å²) in [5.74, 6) is 3.00. The van der Waals surface area contributed by atoms with Gasteiger partial charge >= 0.3 is 0 Å². The molecule has 5 heterocycles. The molecule has 8 heteroatoms. The lowest BCUT2D eigenvalue weighted by molar-refractivity contribution is -0.127. The van der Waals surface area contributed by atoms with Crippen LogP contribution in [0, 0.1) is 11.3 Å². The second-order valence-corrected chi connectivity index (χ2v) is 11.1. The highest BCUT2D eigenvalue weighted by molar-refractivity contribution is 5.82. The third kappa shape index (κ3) is 4.27. The highest BCUT2D eigenvalue weighted by atomic mass is 16.5. The third-order valence-corrected chi connectivity index (χ3v) is 8.02. The largest absolute Gasteiger partial charge is 0.383 e. The van der Waals surface area contributed by atoms with Crippen molar-refractivity contribution in [1.29, 1.82) is 0 Å². The van der Waals surface area contributed by atoms with Crippen LogP contribution >= 0.6 is 0 Å². The first-order valence-electron chi connectivity index (χ1n) is 13.0. The van der Waals surface area contributed by atoms with Crippen LogP contribution in [0.5, 0.6) is 0 Å². The summed E-state index contributed by atoms with van der Waals surface area (Å²) in [7, 11) is 1.71. The van der Waals surface area contributed by atoms with Crippen LogP contribution in [0.2, 0.25) is 0 Å². The van der Waals surface area contributed by atoms with Crippen molar-refractivity contribution in [1.82, 2.24) is 19.6 Å². The Hall–Kier alpha value is -2.71. The maximum atomic E-state index is 5.44. The molecule has 1 aliphatic carbocycles. The van der Waals surface area contributed by atoms with E-state index in [2.05, 4.69) is 56.7 Å². The summed E-state index contributed by atoms with van der Waals surface area (Å²) >= 11 is 0. The number of nitrogens with zero attached hydrogens (tertiary/aromatic N) is 5. The van der Waals surface area contributed by atoms with Crippen LogP contribution in [0.3, 0.4) is 0 Å². The zero-order valence-electron chi connectivity index (χ0n) is 21.0. The molecule has 3 aliphatic rings. The van der Waals surface area contributed by atoms with Gasteiger partial charge in [-0.3, -0.25) is 0 Å². The van der Waals surface area contributed by atoms with E-state index in [9.17, 15) is 0 Å². The molecule has 1 spiro atoms. The Bertz CT molecular complexity index is 1190. The van der Waals surface area contributed by atoms with Crippen molar-refractivity contribution in [2.45, 2.75) is 51.5 Å². The van der Waals surface area contributed by atoms with Gasteiger partial charge in [0, 0.05) is 49.6 Å². The van der Waals surface area contributed by atoms with Gasteiger partial charge in [0.1, 0.15) is 5.82 Å². The number of rotatable bonds is 7. The van der Waals surface area contributed by atoms with Crippen molar-refractivity contribution in [3.05, 3.63) is 36.3 Å². The number of ether oxygens (including phenoxy) is 2. The standard InChI is InChI=1S/C27H36N6O2/c1-18-4-6-20(7-5-18)23-11-22(24-12-29-26(31-33(23)24)30-19(2)13-34-3)21-8-9-28-25(10-21)32-14-27(15-32)16-35-17-27/h8-12,18-20H,4-7,13-17H2,1-3H3,(H,30,31)/t18?,19-,20?/m0/s1. The van der Waals surface area contributed by atoms with Gasteiger partial charge in [0.2, 0.25) is 5.95 Å². The molecule has 2 saturated heterocycles. The highest BCUT2D eigenvalue weighted by Crippen LogP contribution is 2.42. The number of pyridine rings is 1. The lowest BCUT2D eigenvalue weighted by atomic mass is 9.78. The van der Waals surface area contributed by atoms with E-state index < -0.39 is 0 Å². The van der Waals surface area contributed by atoms with Crippen LogP contribution in [0.15, 0.2) is 30.6 Å². The zero-order valence-corrected chi connectivity index (χ0v) is 21.0. The average molecular weight is 477 g/mol. The number of aromatic nitrogens is 4. The smallest absolute Gasteiger partial charge is 0.241 e. The Morgan fingerprint density at radius 3 is 2.69 bits per heavy atom. The molecule has 0 bridgehead atoms. The third-order valence-electron chi connectivity index (χ3n) is 8.02. The number of fused-ring (bicyclic) bond motifs is 1. The monoisotopic (exact) mass is 476 g/mol. The SMILES string of the molecule is COC[C@H](C)Nc1ncc2c(-c3ccnc(N4CC5(COC5)C4)c3)cc(C3CCC(C)CC3)n2n1. The molecule has 6 rings (SSSR count). The number of anilines is 2. The molecule has 3 fully saturated rings. The molecule has 8 nitrogen and oxygen atoms in total. The first-order valence-corrected chi connectivity index (χ1v) is 13.0. The molecule has 1 N–H and O–H groups in total. The lowest BCUT2D eigenvalue weighted by Crippen LogP contribution is -2.66. The number of methoxy groups -OCH3 is 1. The molecule has 2 aliphatic heterocycles. The minimum atomic E-state index is 0.134. The Balaban J connectivity index is 1.35. The highest BCUT2D eigenvalue weighted by Gasteiger charge is 2.49. The molecule has 1 atom stereocenters. The van der Waals surface area contributed by atoms with Crippen molar-refractivity contribution >= 4 is 17.3 Å². The minimum absolute atomic E-state index is 0.134. The van der Waals surface area contributed by atoms with Gasteiger partial charge in [-0.15, -0.1) is 5.10 Å². The molecular weight excluding hydrogens is 440 g/mol. The van der Waals surface area contributed by atoms with Crippen LogP contribution in [0.1, 0.15) is 51.1 Å². The first-order chi connectivity index (χ1) is 17.0. The van der Waals surface area contributed by atoms with Crippen LogP contribution < -0.4 is 10.2 Å². The second-order valence-electron chi connectivity index (χ2n) is 11.1. The van der Waals surface area contributed by atoms with Crippen LogP contribution in [-0.4, -0.2) is 65.6 Å². The van der Waals surface area contributed by atoms with Gasteiger partial charge in [0.15, 0.2) is 0 Å². The van der Waals surface area contributed by atoms with Gasteiger partial charge in [-0.25, -0.2) is 14.5 Å². The topological polar surface area (TPSA) is 76.8 Å². The zero-order chi connectivity index (χ0) is 24.0. The molecular formula is C27H36N6O2. The Morgan fingerprint density at radius 2 is 1.97 bits per heavy atom. The van der Waals surface area contributed by atoms with Crippen LogP contribution in [-0.2, 0) is 9.47 Å².